The average Bonchev–Trinajstić information content (AvgIpc) is 2.62. The molecule has 0 radical (unpaired) electrons. The van der Waals surface area contributed by atoms with Crippen molar-refractivity contribution in [1.29, 1.82) is 0 Å². The highest BCUT2D eigenvalue weighted by atomic mass is 16.2. The third-order valence-electron chi connectivity index (χ3n) is 4.71. The number of unbranched alkanes of at least 4 members (excludes halogenated alkanes) is 15. The lowest BCUT2D eigenvalue weighted by Crippen LogP contribution is -2.16. The standard InChI is InChI=1S/C22H44N2O/c1-3-5-7-8-9-10-11-12-13-14-15-16-17-18-19-20-22(25)24-23-21-6-4-2/h21H,3-20H2,1-2H3,(H,24,25)/b23-21+. The first kappa shape index (κ1) is 24.1. The number of nitrogens with zero attached hydrogens (tertiary/aromatic N) is 1. The molecule has 0 aliphatic heterocycles. The topological polar surface area (TPSA) is 41.5 Å². The molecule has 3 heteroatoms. The maximum Gasteiger partial charge on any atom is 0.240 e. The van der Waals surface area contributed by atoms with Crippen LogP contribution in [0.3, 0.4) is 0 Å². The van der Waals surface area contributed by atoms with E-state index in [0.717, 1.165) is 19.3 Å². The molecule has 148 valence electrons. The van der Waals surface area contributed by atoms with E-state index in [1.165, 1.54) is 89.9 Å². The van der Waals surface area contributed by atoms with Crippen LogP contribution in [0.15, 0.2) is 5.10 Å². The van der Waals surface area contributed by atoms with Crippen molar-refractivity contribution < 1.29 is 4.79 Å². The molecule has 0 aromatic carbocycles. The fourth-order valence-electron chi connectivity index (χ4n) is 3.02. The molecule has 0 aliphatic carbocycles. The number of carbonyl (C=O) groups is 1. The quantitative estimate of drug-likeness (QED) is 0.150. The lowest BCUT2D eigenvalue weighted by Gasteiger charge is -2.03. The number of carbonyl (C=O) groups excluding carboxylic acids is 1. The van der Waals surface area contributed by atoms with Gasteiger partial charge in [0.05, 0.1) is 0 Å². The normalized spacial score (nSPS) is 11.3. The Kier molecular flexibility index (Phi) is 20.5. The van der Waals surface area contributed by atoms with Crippen molar-refractivity contribution in [3.8, 4) is 0 Å². The highest BCUT2D eigenvalue weighted by molar-refractivity contribution is 5.76. The van der Waals surface area contributed by atoms with Gasteiger partial charge in [-0.25, -0.2) is 5.43 Å². The van der Waals surface area contributed by atoms with Crippen molar-refractivity contribution in [2.75, 3.05) is 0 Å². The third-order valence-corrected chi connectivity index (χ3v) is 4.71. The van der Waals surface area contributed by atoms with Crippen LogP contribution in [-0.2, 0) is 4.79 Å². The Morgan fingerprint density at radius 2 is 1.12 bits per heavy atom. The fraction of sp³-hybridized carbons (Fsp3) is 0.909. The van der Waals surface area contributed by atoms with Crippen LogP contribution in [0.5, 0.6) is 0 Å². The van der Waals surface area contributed by atoms with Crippen LogP contribution in [-0.4, -0.2) is 12.1 Å². The molecule has 0 heterocycles. The van der Waals surface area contributed by atoms with Crippen LogP contribution in [0.2, 0.25) is 0 Å². The molecular formula is C22H44N2O. The predicted octanol–water partition coefficient (Wildman–Crippen LogP) is 7.15. The van der Waals surface area contributed by atoms with E-state index in [1.807, 2.05) is 0 Å². The van der Waals surface area contributed by atoms with E-state index >= 15 is 0 Å². The van der Waals surface area contributed by atoms with Crippen LogP contribution in [0, 0.1) is 0 Å². The second-order valence-electron chi connectivity index (χ2n) is 7.34. The van der Waals surface area contributed by atoms with Gasteiger partial charge < -0.3 is 0 Å². The molecule has 0 bridgehead atoms. The molecule has 25 heavy (non-hydrogen) atoms. The third kappa shape index (κ3) is 21.1. The number of hydrazone groups is 1. The lowest BCUT2D eigenvalue weighted by molar-refractivity contribution is -0.121. The number of hydrogen-bond donors (Lipinski definition) is 1. The minimum atomic E-state index is 0.0575. The van der Waals surface area contributed by atoms with Gasteiger partial charge in [0, 0.05) is 12.6 Å². The zero-order valence-electron chi connectivity index (χ0n) is 17.2. The summed E-state index contributed by atoms with van der Waals surface area (Å²) in [6.07, 6.45) is 24.7. The van der Waals surface area contributed by atoms with Crippen LogP contribution in [0.1, 0.15) is 129 Å². The predicted molar refractivity (Wildman–Crippen MR) is 111 cm³/mol. The lowest BCUT2D eigenvalue weighted by atomic mass is 10.0. The van der Waals surface area contributed by atoms with E-state index in [2.05, 4.69) is 24.4 Å². The van der Waals surface area contributed by atoms with Crippen molar-refractivity contribution in [3.63, 3.8) is 0 Å². The average molecular weight is 353 g/mol. The molecule has 1 amide bonds. The first-order valence-electron chi connectivity index (χ1n) is 11.1. The van der Waals surface area contributed by atoms with E-state index in [0.29, 0.717) is 6.42 Å². The van der Waals surface area contributed by atoms with Crippen molar-refractivity contribution in [2.45, 2.75) is 129 Å². The van der Waals surface area contributed by atoms with E-state index < -0.39 is 0 Å². The van der Waals surface area contributed by atoms with Crippen LogP contribution in [0.25, 0.3) is 0 Å². The monoisotopic (exact) mass is 352 g/mol. The first-order valence-corrected chi connectivity index (χ1v) is 11.1. The Morgan fingerprint density at radius 3 is 1.56 bits per heavy atom. The molecular weight excluding hydrogens is 308 g/mol. The number of rotatable bonds is 19. The van der Waals surface area contributed by atoms with Gasteiger partial charge in [-0.1, -0.05) is 110 Å². The Bertz CT molecular complexity index is 302. The Hall–Kier alpha value is -0.860. The Labute approximate surface area is 157 Å². The van der Waals surface area contributed by atoms with Gasteiger partial charge >= 0.3 is 0 Å². The van der Waals surface area contributed by atoms with Gasteiger partial charge in [-0.05, 0) is 12.8 Å². The van der Waals surface area contributed by atoms with Gasteiger partial charge in [0.2, 0.25) is 5.91 Å². The molecule has 0 aromatic heterocycles. The van der Waals surface area contributed by atoms with Crippen molar-refractivity contribution in [3.05, 3.63) is 0 Å². The second-order valence-corrected chi connectivity index (χ2v) is 7.34. The summed E-state index contributed by atoms with van der Waals surface area (Å²) >= 11 is 0. The minimum Gasteiger partial charge on any atom is -0.273 e. The minimum absolute atomic E-state index is 0.0575. The molecule has 0 fully saturated rings. The molecule has 1 N–H and O–H groups in total. The fourth-order valence-corrected chi connectivity index (χ4v) is 3.02. The second kappa shape index (κ2) is 21.2. The maximum absolute atomic E-state index is 11.5. The Morgan fingerprint density at radius 1 is 0.680 bits per heavy atom. The summed E-state index contributed by atoms with van der Waals surface area (Å²) in [5.74, 6) is 0.0575. The van der Waals surface area contributed by atoms with Crippen molar-refractivity contribution >= 4 is 12.1 Å². The van der Waals surface area contributed by atoms with Crippen molar-refractivity contribution in [2.24, 2.45) is 5.10 Å². The van der Waals surface area contributed by atoms with E-state index in [4.69, 9.17) is 0 Å². The summed E-state index contributed by atoms with van der Waals surface area (Å²) in [5.41, 5.74) is 2.60. The van der Waals surface area contributed by atoms with Gasteiger partial charge in [-0.3, -0.25) is 4.79 Å². The summed E-state index contributed by atoms with van der Waals surface area (Å²) in [7, 11) is 0. The zero-order chi connectivity index (χ0) is 18.4. The summed E-state index contributed by atoms with van der Waals surface area (Å²) < 4.78 is 0. The van der Waals surface area contributed by atoms with Gasteiger partial charge in [-0.2, -0.15) is 5.10 Å². The first-order chi connectivity index (χ1) is 12.3. The SMILES string of the molecule is CCC/C=N/NC(=O)CCCCCCCCCCCCCCCCC. The molecule has 0 saturated carbocycles. The number of nitrogens with one attached hydrogen (secondary N) is 1. The summed E-state index contributed by atoms with van der Waals surface area (Å²) in [6, 6.07) is 0. The van der Waals surface area contributed by atoms with Crippen LogP contribution >= 0.6 is 0 Å². The van der Waals surface area contributed by atoms with Crippen LogP contribution < -0.4 is 5.43 Å². The smallest absolute Gasteiger partial charge is 0.240 e. The molecule has 0 unspecified atom stereocenters. The molecule has 0 rings (SSSR count). The van der Waals surface area contributed by atoms with Gasteiger partial charge in [0.15, 0.2) is 0 Å². The summed E-state index contributed by atoms with van der Waals surface area (Å²) in [6.45, 7) is 4.38. The van der Waals surface area contributed by atoms with Gasteiger partial charge in [0.25, 0.3) is 0 Å². The number of hydrogen-bond acceptors (Lipinski definition) is 2. The highest BCUT2D eigenvalue weighted by Crippen LogP contribution is 2.13. The maximum atomic E-state index is 11.5. The molecule has 0 atom stereocenters. The van der Waals surface area contributed by atoms with E-state index in [9.17, 15) is 4.79 Å². The van der Waals surface area contributed by atoms with Gasteiger partial charge in [0.1, 0.15) is 0 Å². The molecule has 0 spiro atoms. The molecule has 0 aromatic rings. The molecule has 3 nitrogen and oxygen atoms in total. The Balaban J connectivity index is 3.12. The largest absolute Gasteiger partial charge is 0.273 e. The van der Waals surface area contributed by atoms with E-state index in [1.54, 1.807) is 6.21 Å². The summed E-state index contributed by atoms with van der Waals surface area (Å²) in [4.78, 5) is 11.5. The zero-order valence-corrected chi connectivity index (χ0v) is 17.2. The number of amides is 1. The highest BCUT2D eigenvalue weighted by Gasteiger charge is 1.99. The van der Waals surface area contributed by atoms with E-state index in [-0.39, 0.29) is 5.91 Å². The van der Waals surface area contributed by atoms with Crippen molar-refractivity contribution in [1.82, 2.24) is 5.43 Å². The van der Waals surface area contributed by atoms with Gasteiger partial charge in [-0.15, -0.1) is 0 Å². The molecule has 0 aliphatic rings. The van der Waals surface area contributed by atoms with Crippen LogP contribution in [0.4, 0.5) is 0 Å². The molecule has 0 saturated heterocycles. The summed E-state index contributed by atoms with van der Waals surface area (Å²) in [5, 5.41) is 3.92.